The molecule has 0 aromatic heterocycles. The van der Waals surface area contributed by atoms with Crippen LogP contribution in [-0.4, -0.2) is 64.7 Å². The number of hydrogen-bond acceptors (Lipinski definition) is 6. The smallest absolute Gasteiger partial charge is 0.161 e. The molecule has 0 radical (unpaired) electrons. The molecule has 0 aliphatic carbocycles. The summed E-state index contributed by atoms with van der Waals surface area (Å²) in [6.45, 7) is 3.73. The number of hydroxylamine groups is 2. The van der Waals surface area contributed by atoms with Crippen molar-refractivity contribution in [2.45, 2.75) is 44.4 Å². The predicted molar refractivity (Wildman–Crippen MR) is 51.7 cm³/mol. The summed E-state index contributed by atoms with van der Waals surface area (Å²) in [6.07, 6.45) is -4.20. The lowest BCUT2D eigenvalue weighted by atomic mass is 10.0. The molecule has 0 aromatic rings. The first-order chi connectivity index (χ1) is 6.99. The Labute approximate surface area is 89.0 Å². The van der Waals surface area contributed by atoms with Crippen LogP contribution in [0.1, 0.15) is 13.8 Å². The number of aliphatic hydroxyl groups excluding tert-OH is 3. The van der Waals surface area contributed by atoms with Crippen LogP contribution in [0, 0.1) is 0 Å². The average molecular weight is 221 g/mol. The van der Waals surface area contributed by atoms with Crippen molar-refractivity contribution in [3.8, 4) is 0 Å². The fourth-order valence-corrected chi connectivity index (χ4v) is 1.62. The predicted octanol–water partition coefficient (Wildman–Crippen LogP) is -1.30. The van der Waals surface area contributed by atoms with Gasteiger partial charge < -0.3 is 20.1 Å². The Kier molecular flexibility index (Phi) is 4.45. The normalized spacial score (nSPS) is 37.6. The van der Waals surface area contributed by atoms with Crippen LogP contribution in [0.3, 0.4) is 0 Å². The molecule has 0 spiro atoms. The molecular formula is C9H19NO5. The minimum atomic E-state index is -1.21. The molecule has 15 heavy (non-hydrogen) atoms. The van der Waals surface area contributed by atoms with E-state index in [1.165, 1.54) is 12.2 Å². The van der Waals surface area contributed by atoms with E-state index in [0.29, 0.717) is 0 Å². The zero-order chi connectivity index (χ0) is 11.6. The van der Waals surface area contributed by atoms with Gasteiger partial charge in [-0.05, 0) is 13.8 Å². The largest absolute Gasteiger partial charge is 0.388 e. The highest BCUT2D eigenvalue weighted by molar-refractivity contribution is 4.85. The van der Waals surface area contributed by atoms with Gasteiger partial charge >= 0.3 is 0 Å². The van der Waals surface area contributed by atoms with Crippen molar-refractivity contribution in [2.75, 3.05) is 13.7 Å². The Hall–Kier alpha value is -0.240. The van der Waals surface area contributed by atoms with E-state index >= 15 is 0 Å². The van der Waals surface area contributed by atoms with Crippen LogP contribution in [0.15, 0.2) is 0 Å². The van der Waals surface area contributed by atoms with Crippen LogP contribution in [0.4, 0.5) is 0 Å². The maximum atomic E-state index is 9.70. The molecule has 1 aliphatic heterocycles. The monoisotopic (exact) mass is 221 g/mol. The van der Waals surface area contributed by atoms with Gasteiger partial charge in [-0.25, -0.2) is 0 Å². The number of aliphatic hydroxyl groups is 3. The fraction of sp³-hybridized carbons (Fsp3) is 1.00. The van der Waals surface area contributed by atoms with Gasteiger partial charge in [-0.1, -0.05) is 0 Å². The third kappa shape index (κ3) is 2.66. The molecule has 4 atom stereocenters. The van der Waals surface area contributed by atoms with Crippen LogP contribution in [0.5, 0.6) is 0 Å². The number of ether oxygens (including phenoxy) is 1. The van der Waals surface area contributed by atoms with E-state index in [-0.39, 0.29) is 12.6 Å². The third-order valence-electron chi connectivity index (χ3n) is 2.44. The highest BCUT2D eigenvalue weighted by Gasteiger charge is 2.41. The summed E-state index contributed by atoms with van der Waals surface area (Å²) in [6, 6.07) is -0.00269. The second-order valence-corrected chi connectivity index (χ2v) is 3.91. The van der Waals surface area contributed by atoms with Gasteiger partial charge in [0.1, 0.15) is 18.3 Å². The Bertz CT molecular complexity index is 201. The molecule has 1 rings (SSSR count). The van der Waals surface area contributed by atoms with Crippen LogP contribution in [0.2, 0.25) is 0 Å². The van der Waals surface area contributed by atoms with E-state index < -0.39 is 24.5 Å². The van der Waals surface area contributed by atoms with E-state index in [0.717, 1.165) is 0 Å². The molecule has 0 bridgehead atoms. The summed E-state index contributed by atoms with van der Waals surface area (Å²) >= 11 is 0. The van der Waals surface area contributed by atoms with Crippen LogP contribution >= 0.6 is 0 Å². The maximum Gasteiger partial charge on any atom is 0.161 e. The van der Waals surface area contributed by atoms with Gasteiger partial charge in [0.15, 0.2) is 6.23 Å². The standard InChI is InChI=1S/C9H19NO5/c1-5(2)10(14-3)9-8(13)7(12)6(11)4-15-9/h5-9,11-13H,4H2,1-3H3/t6-,7?,8?,9-/m0/s1. The zero-order valence-electron chi connectivity index (χ0n) is 9.20. The summed E-state index contributed by atoms with van der Waals surface area (Å²) in [7, 11) is 1.47. The van der Waals surface area contributed by atoms with Crippen LogP contribution in [-0.2, 0) is 9.57 Å². The molecule has 1 saturated heterocycles. The molecule has 3 N–H and O–H groups in total. The quantitative estimate of drug-likeness (QED) is 0.514. The van der Waals surface area contributed by atoms with Gasteiger partial charge in [0.05, 0.1) is 13.7 Å². The second-order valence-electron chi connectivity index (χ2n) is 3.91. The molecule has 0 saturated carbocycles. The van der Waals surface area contributed by atoms with E-state index in [9.17, 15) is 15.3 Å². The summed E-state index contributed by atoms with van der Waals surface area (Å²) in [5.41, 5.74) is 0. The minimum Gasteiger partial charge on any atom is -0.388 e. The molecule has 1 fully saturated rings. The molecule has 1 aliphatic rings. The Morgan fingerprint density at radius 2 is 1.87 bits per heavy atom. The Morgan fingerprint density at radius 3 is 2.33 bits per heavy atom. The lowest BCUT2D eigenvalue weighted by Crippen LogP contribution is -2.60. The molecule has 0 amide bonds. The topological polar surface area (TPSA) is 82.4 Å². The average Bonchev–Trinajstić information content (AvgIpc) is 2.18. The Balaban J connectivity index is 2.69. The molecule has 6 heteroatoms. The van der Waals surface area contributed by atoms with E-state index in [2.05, 4.69) is 0 Å². The van der Waals surface area contributed by atoms with Crippen molar-refractivity contribution in [2.24, 2.45) is 0 Å². The van der Waals surface area contributed by atoms with Crippen molar-refractivity contribution >= 4 is 0 Å². The van der Waals surface area contributed by atoms with Gasteiger partial charge in [0.25, 0.3) is 0 Å². The van der Waals surface area contributed by atoms with Crippen molar-refractivity contribution in [1.82, 2.24) is 5.06 Å². The number of rotatable bonds is 3. The molecule has 1 heterocycles. The van der Waals surface area contributed by atoms with E-state index in [1.807, 2.05) is 13.8 Å². The van der Waals surface area contributed by atoms with E-state index in [1.54, 1.807) is 0 Å². The summed E-state index contributed by atoms with van der Waals surface area (Å²) in [5.74, 6) is 0. The van der Waals surface area contributed by atoms with Crippen molar-refractivity contribution in [3.05, 3.63) is 0 Å². The number of hydrogen-bond donors (Lipinski definition) is 3. The first-order valence-electron chi connectivity index (χ1n) is 4.97. The fourth-order valence-electron chi connectivity index (χ4n) is 1.62. The highest BCUT2D eigenvalue weighted by Crippen LogP contribution is 2.20. The van der Waals surface area contributed by atoms with Crippen LogP contribution < -0.4 is 0 Å². The van der Waals surface area contributed by atoms with E-state index in [4.69, 9.17) is 9.57 Å². The van der Waals surface area contributed by atoms with Gasteiger partial charge in [0, 0.05) is 6.04 Å². The molecule has 6 nitrogen and oxygen atoms in total. The molecule has 0 aromatic carbocycles. The van der Waals surface area contributed by atoms with Gasteiger partial charge in [0.2, 0.25) is 0 Å². The second kappa shape index (κ2) is 5.20. The highest BCUT2D eigenvalue weighted by atomic mass is 16.7. The summed E-state index contributed by atoms with van der Waals surface area (Å²) < 4.78 is 5.23. The first-order valence-corrected chi connectivity index (χ1v) is 4.97. The van der Waals surface area contributed by atoms with Crippen molar-refractivity contribution in [1.29, 1.82) is 0 Å². The SMILES string of the molecule is CON(C(C)C)[C@H]1OC[C@H](O)C(O)C1O. The molecule has 2 unspecified atom stereocenters. The van der Waals surface area contributed by atoms with Gasteiger partial charge in [-0.3, -0.25) is 4.84 Å². The van der Waals surface area contributed by atoms with Gasteiger partial charge in [-0.15, -0.1) is 0 Å². The molecular weight excluding hydrogens is 202 g/mol. The lowest BCUT2D eigenvalue weighted by Gasteiger charge is -2.41. The third-order valence-corrected chi connectivity index (χ3v) is 2.44. The zero-order valence-corrected chi connectivity index (χ0v) is 9.20. The molecule has 90 valence electrons. The first kappa shape index (κ1) is 12.8. The Morgan fingerprint density at radius 1 is 1.27 bits per heavy atom. The van der Waals surface area contributed by atoms with Crippen molar-refractivity contribution < 1.29 is 24.9 Å². The summed E-state index contributed by atoms with van der Waals surface area (Å²) in [4.78, 5) is 5.06. The van der Waals surface area contributed by atoms with Gasteiger partial charge in [-0.2, -0.15) is 5.06 Å². The maximum absolute atomic E-state index is 9.70. The lowest BCUT2D eigenvalue weighted by molar-refractivity contribution is -0.316. The summed E-state index contributed by atoms with van der Waals surface area (Å²) in [5, 5.41) is 29.9. The minimum absolute atomic E-state index is 0.00269. The number of nitrogens with zero attached hydrogens (tertiary/aromatic N) is 1. The van der Waals surface area contributed by atoms with Crippen molar-refractivity contribution in [3.63, 3.8) is 0 Å². The van der Waals surface area contributed by atoms with Crippen LogP contribution in [0.25, 0.3) is 0 Å².